The van der Waals surface area contributed by atoms with Gasteiger partial charge >= 0.3 is 0 Å². The van der Waals surface area contributed by atoms with Gasteiger partial charge in [0.2, 0.25) is 0 Å². The number of hydrogen-bond acceptors (Lipinski definition) is 4. The quantitative estimate of drug-likeness (QED) is 0.842. The van der Waals surface area contributed by atoms with Crippen molar-refractivity contribution >= 4 is 0 Å². The van der Waals surface area contributed by atoms with Crippen LogP contribution in [-0.4, -0.2) is 39.4 Å². The SMILES string of the molecule is CCOC[C@@H]1CN(Cc2ccncc2)Cc2cn(C)nc21. The van der Waals surface area contributed by atoms with Crippen LogP contribution in [-0.2, 0) is 24.9 Å². The van der Waals surface area contributed by atoms with E-state index in [0.29, 0.717) is 5.92 Å². The molecular formula is C16H22N4O. The third kappa shape index (κ3) is 3.31. The first kappa shape index (κ1) is 14.2. The predicted octanol–water partition coefficient (Wildman–Crippen LogP) is 1.95. The Kier molecular flexibility index (Phi) is 4.31. The lowest BCUT2D eigenvalue weighted by molar-refractivity contribution is 0.104. The Morgan fingerprint density at radius 1 is 1.33 bits per heavy atom. The van der Waals surface area contributed by atoms with Gasteiger partial charge in [-0.3, -0.25) is 14.6 Å². The maximum absolute atomic E-state index is 5.65. The van der Waals surface area contributed by atoms with Crippen molar-refractivity contribution in [1.82, 2.24) is 19.7 Å². The van der Waals surface area contributed by atoms with Gasteiger partial charge in [0.05, 0.1) is 12.3 Å². The Hall–Kier alpha value is -1.72. The van der Waals surface area contributed by atoms with Crippen molar-refractivity contribution in [2.24, 2.45) is 7.05 Å². The molecule has 0 N–H and O–H groups in total. The minimum Gasteiger partial charge on any atom is -0.381 e. The second-order valence-electron chi connectivity index (χ2n) is 5.59. The number of aromatic nitrogens is 3. The standard InChI is InChI=1S/C16H22N4O/c1-3-21-12-15-11-20(8-13-4-6-17-7-5-13)10-14-9-19(2)18-16(14)15/h4-7,9,15H,3,8,10-12H2,1-2H3/t15-/m0/s1. The fraction of sp³-hybridized carbons (Fsp3) is 0.500. The zero-order valence-corrected chi connectivity index (χ0v) is 12.7. The number of rotatable bonds is 5. The first-order valence-corrected chi connectivity index (χ1v) is 7.47. The molecule has 0 bridgehead atoms. The van der Waals surface area contributed by atoms with Crippen LogP contribution in [0.15, 0.2) is 30.7 Å². The van der Waals surface area contributed by atoms with E-state index >= 15 is 0 Å². The maximum atomic E-state index is 5.65. The first-order valence-electron chi connectivity index (χ1n) is 7.47. The van der Waals surface area contributed by atoms with Gasteiger partial charge in [-0.15, -0.1) is 0 Å². The largest absolute Gasteiger partial charge is 0.381 e. The summed E-state index contributed by atoms with van der Waals surface area (Å²) in [5.74, 6) is 0.358. The fourth-order valence-electron chi connectivity index (χ4n) is 2.98. The number of aryl methyl sites for hydroxylation is 1. The van der Waals surface area contributed by atoms with E-state index in [1.807, 2.05) is 31.0 Å². The summed E-state index contributed by atoms with van der Waals surface area (Å²) >= 11 is 0. The van der Waals surface area contributed by atoms with Crippen LogP contribution in [0.25, 0.3) is 0 Å². The van der Waals surface area contributed by atoms with E-state index in [0.717, 1.165) is 32.8 Å². The van der Waals surface area contributed by atoms with Crippen LogP contribution in [0.3, 0.4) is 0 Å². The fourth-order valence-corrected chi connectivity index (χ4v) is 2.98. The van der Waals surface area contributed by atoms with Crippen molar-refractivity contribution in [3.63, 3.8) is 0 Å². The summed E-state index contributed by atoms with van der Waals surface area (Å²) in [4.78, 5) is 6.54. The molecule has 1 aliphatic rings. The van der Waals surface area contributed by atoms with Crippen LogP contribution < -0.4 is 0 Å². The highest BCUT2D eigenvalue weighted by Gasteiger charge is 2.28. The number of pyridine rings is 1. The van der Waals surface area contributed by atoms with Gasteiger partial charge in [-0.2, -0.15) is 5.10 Å². The van der Waals surface area contributed by atoms with Crippen LogP contribution in [0, 0.1) is 0 Å². The second kappa shape index (κ2) is 6.37. The van der Waals surface area contributed by atoms with E-state index in [-0.39, 0.29) is 0 Å². The predicted molar refractivity (Wildman–Crippen MR) is 80.8 cm³/mol. The lowest BCUT2D eigenvalue weighted by atomic mass is 9.97. The van der Waals surface area contributed by atoms with Gasteiger partial charge in [0.15, 0.2) is 0 Å². The summed E-state index contributed by atoms with van der Waals surface area (Å²) in [6.45, 7) is 6.42. The normalized spacial score (nSPS) is 18.7. The van der Waals surface area contributed by atoms with Crippen LogP contribution >= 0.6 is 0 Å². The Labute approximate surface area is 125 Å². The average Bonchev–Trinajstić information content (AvgIpc) is 2.86. The highest BCUT2D eigenvalue weighted by molar-refractivity contribution is 5.25. The van der Waals surface area contributed by atoms with Crippen LogP contribution in [0.4, 0.5) is 0 Å². The Morgan fingerprint density at radius 3 is 2.90 bits per heavy atom. The van der Waals surface area contributed by atoms with Crippen molar-refractivity contribution < 1.29 is 4.74 Å². The molecule has 3 rings (SSSR count). The molecule has 3 heterocycles. The van der Waals surface area contributed by atoms with Gasteiger partial charge in [0.25, 0.3) is 0 Å². The van der Waals surface area contributed by atoms with Crippen LogP contribution in [0.2, 0.25) is 0 Å². The monoisotopic (exact) mass is 286 g/mol. The molecule has 0 fully saturated rings. The molecule has 1 aliphatic heterocycles. The molecule has 0 aliphatic carbocycles. The minimum atomic E-state index is 0.358. The molecule has 0 amide bonds. The van der Waals surface area contributed by atoms with Gasteiger partial charge < -0.3 is 4.74 Å². The topological polar surface area (TPSA) is 43.2 Å². The molecule has 0 aromatic carbocycles. The van der Waals surface area contributed by atoms with Crippen molar-refractivity contribution in [3.8, 4) is 0 Å². The van der Waals surface area contributed by atoms with E-state index in [1.165, 1.54) is 16.8 Å². The van der Waals surface area contributed by atoms with Crippen molar-refractivity contribution in [3.05, 3.63) is 47.5 Å². The van der Waals surface area contributed by atoms with Gasteiger partial charge in [0.1, 0.15) is 0 Å². The molecule has 112 valence electrons. The number of ether oxygens (including phenoxy) is 1. The Bertz CT molecular complexity index is 581. The molecule has 0 unspecified atom stereocenters. The Balaban J connectivity index is 1.76. The van der Waals surface area contributed by atoms with E-state index in [4.69, 9.17) is 4.74 Å². The molecule has 0 spiro atoms. The van der Waals surface area contributed by atoms with Crippen molar-refractivity contribution in [2.75, 3.05) is 19.8 Å². The highest BCUT2D eigenvalue weighted by Crippen LogP contribution is 2.28. The van der Waals surface area contributed by atoms with E-state index < -0.39 is 0 Å². The summed E-state index contributed by atoms with van der Waals surface area (Å²) in [6, 6.07) is 4.16. The summed E-state index contributed by atoms with van der Waals surface area (Å²) in [5.41, 5.74) is 3.83. The van der Waals surface area contributed by atoms with Gasteiger partial charge in [-0.1, -0.05) is 0 Å². The maximum Gasteiger partial charge on any atom is 0.0736 e. The summed E-state index contributed by atoms with van der Waals surface area (Å²) < 4.78 is 7.57. The van der Waals surface area contributed by atoms with E-state index in [1.54, 1.807) is 0 Å². The molecular weight excluding hydrogens is 264 g/mol. The van der Waals surface area contributed by atoms with Gasteiger partial charge in [0, 0.05) is 63.4 Å². The summed E-state index contributed by atoms with van der Waals surface area (Å²) in [7, 11) is 1.99. The number of hydrogen-bond donors (Lipinski definition) is 0. The average molecular weight is 286 g/mol. The first-order chi connectivity index (χ1) is 10.3. The smallest absolute Gasteiger partial charge is 0.0736 e. The number of fused-ring (bicyclic) bond motifs is 1. The van der Waals surface area contributed by atoms with Crippen LogP contribution in [0.1, 0.15) is 29.7 Å². The molecule has 2 aromatic heterocycles. The van der Waals surface area contributed by atoms with E-state index in [9.17, 15) is 0 Å². The zero-order valence-electron chi connectivity index (χ0n) is 12.7. The second-order valence-corrected chi connectivity index (χ2v) is 5.59. The molecule has 0 saturated heterocycles. The molecule has 5 nitrogen and oxygen atoms in total. The minimum absolute atomic E-state index is 0.358. The third-order valence-corrected chi connectivity index (χ3v) is 3.88. The lowest BCUT2D eigenvalue weighted by Crippen LogP contribution is -2.34. The molecule has 2 aromatic rings. The summed E-state index contributed by atoms with van der Waals surface area (Å²) in [5, 5.41) is 4.63. The van der Waals surface area contributed by atoms with Crippen molar-refractivity contribution in [2.45, 2.75) is 25.9 Å². The summed E-state index contributed by atoms with van der Waals surface area (Å²) in [6.07, 6.45) is 5.84. The number of nitrogens with zero attached hydrogens (tertiary/aromatic N) is 4. The van der Waals surface area contributed by atoms with Crippen molar-refractivity contribution in [1.29, 1.82) is 0 Å². The lowest BCUT2D eigenvalue weighted by Gasteiger charge is -2.31. The molecule has 21 heavy (non-hydrogen) atoms. The molecule has 0 radical (unpaired) electrons. The zero-order chi connectivity index (χ0) is 14.7. The highest BCUT2D eigenvalue weighted by atomic mass is 16.5. The van der Waals surface area contributed by atoms with Gasteiger partial charge in [-0.05, 0) is 24.6 Å². The van der Waals surface area contributed by atoms with Gasteiger partial charge in [-0.25, -0.2) is 0 Å². The molecule has 0 saturated carbocycles. The third-order valence-electron chi connectivity index (χ3n) is 3.88. The van der Waals surface area contributed by atoms with Crippen LogP contribution in [0.5, 0.6) is 0 Å². The Morgan fingerprint density at radius 2 is 2.14 bits per heavy atom. The molecule has 5 heteroatoms. The molecule has 1 atom stereocenters. The van der Waals surface area contributed by atoms with E-state index in [2.05, 4.69) is 33.3 Å².